The Morgan fingerprint density at radius 1 is 1.20 bits per heavy atom. The number of amides is 1. The van der Waals surface area contributed by atoms with Crippen molar-refractivity contribution in [3.05, 3.63) is 65.8 Å². The highest BCUT2D eigenvalue weighted by Crippen LogP contribution is 2.27. The van der Waals surface area contributed by atoms with Crippen LogP contribution < -0.4 is 5.32 Å². The molecular weight excluding hydrogens is 323 g/mol. The largest absolute Gasteiger partial charge is 0.458 e. The van der Waals surface area contributed by atoms with E-state index in [0.717, 1.165) is 17.0 Å². The Balaban J connectivity index is 1.57. The lowest BCUT2D eigenvalue weighted by Gasteiger charge is -2.34. The topological polar surface area (TPSA) is 74.2 Å². The van der Waals surface area contributed by atoms with Crippen molar-refractivity contribution < 1.29 is 13.6 Å². The number of aromatic nitrogens is 2. The van der Waals surface area contributed by atoms with E-state index in [1.807, 2.05) is 23.1 Å². The Labute approximate surface area is 143 Å². The molecule has 3 aromatic rings. The number of hydrogen-bond acceptors (Lipinski definition) is 4. The van der Waals surface area contributed by atoms with Crippen LogP contribution in [0.2, 0.25) is 0 Å². The van der Waals surface area contributed by atoms with Crippen LogP contribution in [0.4, 0.5) is 4.39 Å². The maximum Gasteiger partial charge on any atom is 0.242 e. The first-order chi connectivity index (χ1) is 12.2. The van der Waals surface area contributed by atoms with Gasteiger partial charge in [0.25, 0.3) is 0 Å². The van der Waals surface area contributed by atoms with Gasteiger partial charge in [0.05, 0.1) is 6.54 Å². The molecule has 1 aromatic carbocycles. The number of H-pyrrole nitrogens is 1. The summed E-state index contributed by atoms with van der Waals surface area (Å²) in [5.41, 5.74) is 1.57. The molecule has 4 rings (SSSR count). The molecule has 2 N–H and O–H groups in total. The van der Waals surface area contributed by atoms with E-state index in [1.54, 1.807) is 18.3 Å². The van der Waals surface area contributed by atoms with Crippen LogP contribution in [-0.2, 0) is 11.3 Å². The van der Waals surface area contributed by atoms with Crippen molar-refractivity contribution in [2.45, 2.75) is 12.6 Å². The average Bonchev–Trinajstić information content (AvgIpc) is 3.28. The molecule has 1 aliphatic rings. The lowest BCUT2D eigenvalue weighted by Crippen LogP contribution is -2.49. The number of carbonyl (C=O) groups is 1. The Morgan fingerprint density at radius 3 is 2.80 bits per heavy atom. The highest BCUT2D eigenvalue weighted by atomic mass is 19.1. The van der Waals surface area contributed by atoms with E-state index in [0.29, 0.717) is 25.4 Å². The zero-order valence-corrected chi connectivity index (χ0v) is 13.4. The van der Waals surface area contributed by atoms with Crippen LogP contribution in [0.5, 0.6) is 0 Å². The summed E-state index contributed by atoms with van der Waals surface area (Å²) >= 11 is 0. The van der Waals surface area contributed by atoms with Crippen molar-refractivity contribution in [3.63, 3.8) is 0 Å². The number of benzene rings is 1. The Kier molecular flexibility index (Phi) is 4.07. The molecule has 1 fully saturated rings. The summed E-state index contributed by atoms with van der Waals surface area (Å²) in [5.74, 6) is 1.05. The van der Waals surface area contributed by atoms with E-state index < -0.39 is 6.04 Å². The molecule has 1 amide bonds. The SMILES string of the molecule is O=C1NCCN(Cc2ccc(-c3ccn[nH]3)o2)[C@@H]1c1ccc(F)cc1. The maximum atomic E-state index is 13.2. The second kappa shape index (κ2) is 6.52. The summed E-state index contributed by atoms with van der Waals surface area (Å²) in [4.78, 5) is 14.4. The first-order valence-electron chi connectivity index (χ1n) is 8.06. The zero-order chi connectivity index (χ0) is 17.2. The van der Waals surface area contributed by atoms with E-state index in [4.69, 9.17) is 4.42 Å². The van der Waals surface area contributed by atoms with Gasteiger partial charge in [0, 0.05) is 19.3 Å². The first kappa shape index (κ1) is 15.6. The third-order valence-corrected chi connectivity index (χ3v) is 4.28. The van der Waals surface area contributed by atoms with Crippen molar-refractivity contribution in [3.8, 4) is 11.5 Å². The number of halogens is 1. The van der Waals surface area contributed by atoms with Crippen LogP contribution in [0, 0.1) is 5.82 Å². The number of rotatable bonds is 4. The number of carbonyl (C=O) groups excluding carboxylic acids is 1. The van der Waals surface area contributed by atoms with Gasteiger partial charge in [-0.25, -0.2) is 4.39 Å². The standard InChI is InChI=1S/C18H17FN4O2/c19-13-3-1-12(2-4-13)17-18(24)20-9-10-23(17)11-14-5-6-16(25-14)15-7-8-21-22-15/h1-8,17H,9-11H2,(H,20,24)(H,21,22)/t17-/m1/s1. The molecule has 0 radical (unpaired) electrons. The van der Waals surface area contributed by atoms with Crippen LogP contribution in [-0.4, -0.2) is 34.1 Å². The predicted molar refractivity (Wildman–Crippen MR) is 88.9 cm³/mol. The third-order valence-electron chi connectivity index (χ3n) is 4.28. The van der Waals surface area contributed by atoms with Gasteiger partial charge in [0.2, 0.25) is 5.91 Å². The smallest absolute Gasteiger partial charge is 0.242 e. The highest BCUT2D eigenvalue weighted by Gasteiger charge is 2.31. The zero-order valence-electron chi connectivity index (χ0n) is 13.4. The summed E-state index contributed by atoms with van der Waals surface area (Å²) in [6, 6.07) is 11.2. The Hall–Kier alpha value is -2.93. The summed E-state index contributed by atoms with van der Waals surface area (Å²) in [6.07, 6.45) is 1.66. The first-order valence-corrected chi connectivity index (χ1v) is 8.06. The molecule has 128 valence electrons. The maximum absolute atomic E-state index is 13.2. The molecule has 3 heterocycles. The van der Waals surface area contributed by atoms with Crippen molar-refractivity contribution >= 4 is 5.91 Å². The average molecular weight is 340 g/mol. The fourth-order valence-corrected chi connectivity index (χ4v) is 3.09. The summed E-state index contributed by atoms with van der Waals surface area (Å²) in [7, 11) is 0. The number of furan rings is 1. The third kappa shape index (κ3) is 3.18. The summed E-state index contributed by atoms with van der Waals surface area (Å²) in [6.45, 7) is 1.75. The number of hydrogen-bond donors (Lipinski definition) is 2. The molecule has 0 bridgehead atoms. The van der Waals surface area contributed by atoms with Crippen molar-refractivity contribution in [1.82, 2.24) is 20.4 Å². The normalized spacial score (nSPS) is 18.3. The minimum absolute atomic E-state index is 0.0850. The van der Waals surface area contributed by atoms with Crippen LogP contribution in [0.1, 0.15) is 17.4 Å². The molecule has 7 heteroatoms. The molecule has 0 aliphatic carbocycles. The predicted octanol–water partition coefficient (Wildman–Crippen LogP) is 2.48. The molecular formula is C18H17FN4O2. The molecule has 1 aliphatic heterocycles. The molecule has 1 atom stereocenters. The van der Waals surface area contributed by atoms with Crippen LogP contribution in [0.25, 0.3) is 11.5 Å². The number of aromatic amines is 1. The minimum Gasteiger partial charge on any atom is -0.458 e. The summed E-state index contributed by atoms with van der Waals surface area (Å²) < 4.78 is 19.1. The van der Waals surface area contributed by atoms with Gasteiger partial charge in [-0.05, 0) is 35.9 Å². The molecule has 0 spiro atoms. The highest BCUT2D eigenvalue weighted by molar-refractivity contribution is 5.83. The summed E-state index contributed by atoms with van der Waals surface area (Å²) in [5, 5.41) is 9.64. The van der Waals surface area contributed by atoms with Gasteiger partial charge in [0.15, 0.2) is 5.76 Å². The van der Waals surface area contributed by atoms with Gasteiger partial charge in [-0.2, -0.15) is 5.10 Å². The fraction of sp³-hybridized carbons (Fsp3) is 0.222. The van der Waals surface area contributed by atoms with E-state index in [1.165, 1.54) is 12.1 Å². The van der Waals surface area contributed by atoms with Gasteiger partial charge in [-0.3, -0.25) is 14.8 Å². The van der Waals surface area contributed by atoms with Gasteiger partial charge >= 0.3 is 0 Å². The second-order valence-electron chi connectivity index (χ2n) is 5.95. The van der Waals surface area contributed by atoms with Crippen LogP contribution >= 0.6 is 0 Å². The van der Waals surface area contributed by atoms with Crippen LogP contribution in [0.15, 0.2) is 53.1 Å². The molecule has 1 saturated heterocycles. The molecule has 0 unspecified atom stereocenters. The lowest BCUT2D eigenvalue weighted by atomic mass is 10.0. The Bertz CT molecular complexity index is 858. The van der Waals surface area contributed by atoms with E-state index >= 15 is 0 Å². The van der Waals surface area contributed by atoms with Gasteiger partial charge in [0.1, 0.15) is 23.3 Å². The van der Waals surface area contributed by atoms with Crippen molar-refractivity contribution in [1.29, 1.82) is 0 Å². The van der Waals surface area contributed by atoms with E-state index in [2.05, 4.69) is 15.5 Å². The van der Waals surface area contributed by atoms with E-state index in [-0.39, 0.29) is 11.7 Å². The second-order valence-corrected chi connectivity index (χ2v) is 5.95. The van der Waals surface area contributed by atoms with Gasteiger partial charge in [-0.1, -0.05) is 12.1 Å². The molecule has 6 nitrogen and oxygen atoms in total. The number of nitrogens with one attached hydrogen (secondary N) is 2. The lowest BCUT2D eigenvalue weighted by molar-refractivity contribution is -0.129. The molecule has 2 aromatic heterocycles. The molecule has 25 heavy (non-hydrogen) atoms. The van der Waals surface area contributed by atoms with E-state index in [9.17, 15) is 9.18 Å². The molecule has 0 saturated carbocycles. The number of nitrogens with zero attached hydrogens (tertiary/aromatic N) is 2. The van der Waals surface area contributed by atoms with Gasteiger partial charge in [-0.15, -0.1) is 0 Å². The monoisotopic (exact) mass is 340 g/mol. The quantitative estimate of drug-likeness (QED) is 0.765. The Morgan fingerprint density at radius 2 is 2.04 bits per heavy atom. The minimum atomic E-state index is -0.463. The van der Waals surface area contributed by atoms with Crippen LogP contribution in [0.3, 0.4) is 0 Å². The van der Waals surface area contributed by atoms with Crippen molar-refractivity contribution in [2.75, 3.05) is 13.1 Å². The number of piperazine rings is 1. The van der Waals surface area contributed by atoms with Crippen molar-refractivity contribution in [2.24, 2.45) is 0 Å². The fourth-order valence-electron chi connectivity index (χ4n) is 3.09. The van der Waals surface area contributed by atoms with Gasteiger partial charge < -0.3 is 9.73 Å².